The summed E-state index contributed by atoms with van der Waals surface area (Å²) in [4.78, 5) is 40.0. The largest absolute Gasteiger partial charge is 0.394 e. The van der Waals surface area contributed by atoms with Gasteiger partial charge in [-0.3, -0.25) is 14.4 Å². The quantitative estimate of drug-likeness (QED) is 0.407. The van der Waals surface area contributed by atoms with Crippen molar-refractivity contribution in [1.29, 1.82) is 0 Å². The van der Waals surface area contributed by atoms with Crippen molar-refractivity contribution < 1.29 is 14.4 Å². The summed E-state index contributed by atoms with van der Waals surface area (Å²) in [5.74, 6) is 0.0139. The van der Waals surface area contributed by atoms with E-state index in [-0.39, 0.29) is 36.7 Å². The number of nitrogens with one attached hydrogen (secondary N) is 3. The molecule has 1 aromatic carbocycles. The van der Waals surface area contributed by atoms with E-state index < -0.39 is 6.04 Å². The summed E-state index contributed by atoms with van der Waals surface area (Å²) in [6.45, 7) is 1.22. The van der Waals surface area contributed by atoms with Crippen LogP contribution in [0.15, 0.2) is 36.5 Å². The average molecular weight is 484 g/mol. The van der Waals surface area contributed by atoms with Crippen LogP contribution >= 0.6 is 0 Å². The summed E-state index contributed by atoms with van der Waals surface area (Å²) >= 11 is 0. The molecule has 0 bridgehead atoms. The molecule has 1 aliphatic carbocycles. The molecule has 1 aromatic rings. The molecule has 3 amide bonds. The zero-order chi connectivity index (χ0) is 25.0. The minimum Gasteiger partial charge on any atom is -0.394 e. The van der Waals surface area contributed by atoms with E-state index >= 15 is 0 Å². The van der Waals surface area contributed by atoms with Gasteiger partial charge in [-0.1, -0.05) is 30.3 Å². The van der Waals surface area contributed by atoms with Gasteiger partial charge in [0, 0.05) is 38.8 Å². The van der Waals surface area contributed by atoms with E-state index in [9.17, 15) is 14.4 Å². The van der Waals surface area contributed by atoms with Crippen molar-refractivity contribution in [2.24, 2.45) is 11.7 Å². The fraction of sp³-hybridized carbons (Fsp3) is 0.593. The van der Waals surface area contributed by atoms with Crippen LogP contribution in [0.5, 0.6) is 0 Å². The van der Waals surface area contributed by atoms with Gasteiger partial charge in [0.05, 0.1) is 6.54 Å². The summed E-state index contributed by atoms with van der Waals surface area (Å²) < 4.78 is 0. The average Bonchev–Trinajstić information content (AvgIpc) is 3.03. The number of likely N-dealkylation sites (tertiary alicyclic amines) is 1. The number of carbonyl (C=O) groups excluding carboxylic acids is 3. The van der Waals surface area contributed by atoms with Gasteiger partial charge in [-0.05, 0) is 68.4 Å². The molecular weight excluding hydrogens is 442 g/mol. The number of carbonyl (C=O) groups is 3. The molecule has 1 heterocycles. The lowest BCUT2D eigenvalue weighted by Gasteiger charge is -2.27. The van der Waals surface area contributed by atoms with Crippen molar-refractivity contribution in [3.63, 3.8) is 0 Å². The Morgan fingerprint density at radius 1 is 1.03 bits per heavy atom. The number of nitrogens with zero attached hydrogens (tertiary/aromatic N) is 1. The number of benzene rings is 1. The lowest BCUT2D eigenvalue weighted by atomic mass is 9.86. The molecule has 8 heteroatoms. The Bertz CT molecular complexity index is 865. The van der Waals surface area contributed by atoms with Crippen LogP contribution in [0, 0.1) is 5.92 Å². The molecule has 1 unspecified atom stereocenters. The first-order valence-electron chi connectivity index (χ1n) is 13.0. The highest BCUT2D eigenvalue weighted by atomic mass is 16.2. The lowest BCUT2D eigenvalue weighted by molar-refractivity contribution is -0.139. The molecule has 2 fully saturated rings. The van der Waals surface area contributed by atoms with Gasteiger partial charge in [-0.25, -0.2) is 0 Å². The molecule has 2 aliphatic rings. The topological polar surface area (TPSA) is 117 Å². The Morgan fingerprint density at radius 2 is 1.77 bits per heavy atom. The molecule has 1 saturated carbocycles. The Kier molecular flexibility index (Phi) is 10.6. The summed E-state index contributed by atoms with van der Waals surface area (Å²) in [5, 5.41) is 8.97. The monoisotopic (exact) mass is 483 g/mol. The smallest absolute Gasteiger partial charge is 0.245 e. The van der Waals surface area contributed by atoms with E-state index in [2.05, 4.69) is 16.0 Å². The van der Waals surface area contributed by atoms with E-state index in [1.165, 1.54) is 0 Å². The highest BCUT2D eigenvalue weighted by Crippen LogP contribution is 2.22. The molecule has 192 valence electrons. The fourth-order valence-corrected chi connectivity index (χ4v) is 4.92. The molecule has 1 saturated heterocycles. The number of rotatable bonds is 10. The molecule has 0 spiro atoms. The SMILES string of the molecule is CN/C=C(/CCC(=O)NC1CCCCN(CC(=O)NCC2CCC(N)CC2)C1=O)c1ccccc1. The normalized spacial score (nSPS) is 23.4. The molecular formula is C27H41N5O3. The highest BCUT2D eigenvalue weighted by Gasteiger charge is 2.29. The van der Waals surface area contributed by atoms with Crippen LogP contribution in [0.25, 0.3) is 5.57 Å². The predicted octanol–water partition coefficient (Wildman–Crippen LogP) is 2.16. The van der Waals surface area contributed by atoms with Gasteiger partial charge >= 0.3 is 0 Å². The first-order chi connectivity index (χ1) is 17.0. The number of hydrogen-bond acceptors (Lipinski definition) is 5. The van der Waals surface area contributed by atoms with Crippen LogP contribution in [-0.4, -0.2) is 61.4 Å². The summed E-state index contributed by atoms with van der Waals surface area (Å²) in [6, 6.07) is 9.64. The molecule has 0 aromatic heterocycles. The number of amides is 3. The molecule has 1 atom stereocenters. The van der Waals surface area contributed by atoms with Crippen molar-refractivity contribution in [3.05, 3.63) is 42.1 Å². The molecule has 0 radical (unpaired) electrons. The molecule has 5 N–H and O–H groups in total. The molecule has 8 nitrogen and oxygen atoms in total. The maximum absolute atomic E-state index is 13.1. The van der Waals surface area contributed by atoms with Crippen molar-refractivity contribution in [3.8, 4) is 0 Å². The third-order valence-electron chi connectivity index (χ3n) is 7.01. The lowest BCUT2D eigenvalue weighted by Crippen LogP contribution is -2.50. The summed E-state index contributed by atoms with van der Waals surface area (Å²) in [7, 11) is 1.84. The maximum atomic E-state index is 13.1. The van der Waals surface area contributed by atoms with Gasteiger partial charge in [0.2, 0.25) is 17.7 Å². The number of nitrogens with two attached hydrogens (primary N) is 1. The van der Waals surface area contributed by atoms with Gasteiger partial charge in [-0.15, -0.1) is 0 Å². The standard InChI is InChI=1S/C27H41N5O3/c1-29-18-22(21-7-3-2-4-8-21)12-15-25(33)31-24-9-5-6-16-32(27(24)35)19-26(34)30-17-20-10-13-23(28)14-11-20/h2-4,7-8,18,20,23-24,29H,5-6,9-17,19,28H2,1H3,(H,30,34)(H,31,33)/b22-18-. The molecule has 35 heavy (non-hydrogen) atoms. The predicted molar refractivity (Wildman–Crippen MR) is 138 cm³/mol. The van der Waals surface area contributed by atoms with Crippen LogP contribution in [0.1, 0.15) is 63.4 Å². The third-order valence-corrected chi connectivity index (χ3v) is 7.01. The van der Waals surface area contributed by atoms with Crippen LogP contribution in [0.3, 0.4) is 0 Å². The van der Waals surface area contributed by atoms with Crippen molar-refractivity contribution in [1.82, 2.24) is 20.9 Å². The summed E-state index contributed by atoms with van der Waals surface area (Å²) in [6.07, 6.45) is 9.11. The zero-order valence-corrected chi connectivity index (χ0v) is 20.9. The second-order valence-electron chi connectivity index (χ2n) is 9.78. The van der Waals surface area contributed by atoms with Crippen LogP contribution < -0.4 is 21.7 Å². The zero-order valence-electron chi connectivity index (χ0n) is 20.9. The van der Waals surface area contributed by atoms with Crippen molar-refractivity contribution in [2.45, 2.75) is 69.9 Å². The second kappa shape index (κ2) is 13.9. The van der Waals surface area contributed by atoms with E-state index in [0.29, 0.717) is 31.8 Å². The van der Waals surface area contributed by atoms with Gasteiger partial charge in [-0.2, -0.15) is 0 Å². The van der Waals surface area contributed by atoms with Gasteiger partial charge in [0.15, 0.2) is 0 Å². The molecule has 3 rings (SSSR count). The van der Waals surface area contributed by atoms with Crippen molar-refractivity contribution in [2.75, 3.05) is 26.7 Å². The van der Waals surface area contributed by atoms with E-state index in [0.717, 1.165) is 49.7 Å². The van der Waals surface area contributed by atoms with Crippen LogP contribution in [0.4, 0.5) is 0 Å². The Balaban J connectivity index is 1.47. The summed E-state index contributed by atoms with van der Waals surface area (Å²) in [5.41, 5.74) is 8.06. The minimum absolute atomic E-state index is 0.0422. The third kappa shape index (κ3) is 8.69. The Morgan fingerprint density at radius 3 is 2.49 bits per heavy atom. The van der Waals surface area contributed by atoms with Gasteiger partial charge < -0.3 is 26.6 Å². The number of hydrogen-bond donors (Lipinski definition) is 4. The van der Waals surface area contributed by atoms with Crippen molar-refractivity contribution >= 4 is 23.3 Å². The highest BCUT2D eigenvalue weighted by molar-refractivity contribution is 5.91. The second-order valence-corrected chi connectivity index (χ2v) is 9.78. The van der Waals surface area contributed by atoms with Crippen LogP contribution in [0.2, 0.25) is 0 Å². The fourth-order valence-electron chi connectivity index (χ4n) is 4.92. The molecule has 1 aliphatic heterocycles. The number of allylic oxidation sites excluding steroid dienone is 1. The minimum atomic E-state index is -0.578. The van der Waals surface area contributed by atoms with Crippen LogP contribution in [-0.2, 0) is 14.4 Å². The van der Waals surface area contributed by atoms with E-state index in [1.54, 1.807) is 4.90 Å². The first kappa shape index (κ1) is 26.7. The maximum Gasteiger partial charge on any atom is 0.245 e. The van der Waals surface area contributed by atoms with Gasteiger partial charge in [0.25, 0.3) is 0 Å². The Labute approximate surface area is 209 Å². The van der Waals surface area contributed by atoms with E-state index in [1.807, 2.05) is 43.6 Å². The van der Waals surface area contributed by atoms with E-state index in [4.69, 9.17) is 5.73 Å². The van der Waals surface area contributed by atoms with Gasteiger partial charge in [0.1, 0.15) is 6.04 Å². The Hall–Kier alpha value is -2.87. The first-order valence-corrected chi connectivity index (χ1v) is 13.0.